The Hall–Kier alpha value is -1.63. The predicted molar refractivity (Wildman–Crippen MR) is 59.5 cm³/mol. The van der Waals surface area contributed by atoms with Gasteiger partial charge in [-0.2, -0.15) is 5.26 Å². The van der Waals surface area contributed by atoms with E-state index >= 15 is 0 Å². The molecular formula is C11H16N4. The summed E-state index contributed by atoms with van der Waals surface area (Å²) in [6, 6.07) is 4.02. The highest BCUT2D eigenvalue weighted by atomic mass is 15.2. The average Bonchev–Trinajstić information content (AvgIpc) is 2.28. The minimum atomic E-state index is 0.393. The lowest BCUT2D eigenvalue weighted by Crippen LogP contribution is -2.30. The number of rotatable bonds is 4. The fourth-order valence-corrected chi connectivity index (χ4v) is 1.39. The van der Waals surface area contributed by atoms with Gasteiger partial charge in [0.1, 0.15) is 11.8 Å². The van der Waals surface area contributed by atoms with Crippen molar-refractivity contribution in [1.29, 1.82) is 5.26 Å². The van der Waals surface area contributed by atoms with E-state index in [-0.39, 0.29) is 0 Å². The van der Waals surface area contributed by atoms with E-state index in [0.29, 0.717) is 17.7 Å². The molecular weight excluding hydrogens is 188 g/mol. The number of hydrogen-bond acceptors (Lipinski definition) is 4. The van der Waals surface area contributed by atoms with Crippen molar-refractivity contribution in [3.05, 3.63) is 18.0 Å². The summed E-state index contributed by atoms with van der Waals surface area (Å²) in [4.78, 5) is 10.3. The van der Waals surface area contributed by atoms with Gasteiger partial charge in [0.05, 0.1) is 0 Å². The number of anilines is 1. The maximum Gasteiger partial charge on any atom is 0.226 e. The fraction of sp³-hybridized carbons (Fsp3) is 0.545. The zero-order chi connectivity index (χ0) is 11.3. The molecule has 80 valence electrons. The van der Waals surface area contributed by atoms with Crippen molar-refractivity contribution < 1.29 is 0 Å². The predicted octanol–water partition coefficient (Wildman–Crippen LogP) is 1.97. The Labute approximate surface area is 90.6 Å². The Kier molecular flexibility index (Phi) is 4.04. The first kappa shape index (κ1) is 11.4. The lowest BCUT2D eigenvalue weighted by atomic mass is 10.2. The van der Waals surface area contributed by atoms with Crippen LogP contribution in [0.25, 0.3) is 0 Å². The van der Waals surface area contributed by atoms with Crippen LogP contribution in [-0.4, -0.2) is 23.1 Å². The molecule has 0 aliphatic heterocycles. The largest absolute Gasteiger partial charge is 0.341 e. The molecule has 4 heteroatoms. The molecule has 0 aromatic carbocycles. The Morgan fingerprint density at radius 3 is 2.93 bits per heavy atom. The number of nitrogens with zero attached hydrogens (tertiary/aromatic N) is 4. The lowest BCUT2D eigenvalue weighted by molar-refractivity contribution is 0.605. The Balaban J connectivity index is 2.82. The van der Waals surface area contributed by atoms with Crippen LogP contribution in [0.5, 0.6) is 0 Å². The lowest BCUT2D eigenvalue weighted by Gasteiger charge is -2.24. The molecule has 1 heterocycles. The van der Waals surface area contributed by atoms with Gasteiger partial charge in [0.25, 0.3) is 0 Å². The third kappa shape index (κ3) is 2.91. The maximum atomic E-state index is 8.73. The Morgan fingerprint density at radius 1 is 1.60 bits per heavy atom. The van der Waals surface area contributed by atoms with Gasteiger partial charge in [0, 0.05) is 19.3 Å². The van der Waals surface area contributed by atoms with Gasteiger partial charge in [-0.25, -0.2) is 9.97 Å². The van der Waals surface area contributed by atoms with Gasteiger partial charge in [-0.05, 0) is 19.4 Å². The molecule has 1 unspecified atom stereocenters. The molecule has 0 aliphatic rings. The molecule has 0 amide bonds. The van der Waals surface area contributed by atoms with Gasteiger partial charge in [-0.3, -0.25) is 0 Å². The third-order valence-corrected chi connectivity index (χ3v) is 2.44. The summed E-state index contributed by atoms with van der Waals surface area (Å²) in [6.07, 6.45) is 3.84. The Morgan fingerprint density at radius 2 is 2.33 bits per heavy atom. The topological polar surface area (TPSA) is 52.8 Å². The van der Waals surface area contributed by atoms with Crippen LogP contribution in [0.2, 0.25) is 0 Å². The normalized spacial score (nSPS) is 11.9. The van der Waals surface area contributed by atoms with E-state index in [4.69, 9.17) is 5.26 Å². The monoisotopic (exact) mass is 204 g/mol. The summed E-state index contributed by atoms with van der Waals surface area (Å²) >= 11 is 0. The van der Waals surface area contributed by atoms with Gasteiger partial charge in [-0.15, -0.1) is 0 Å². The van der Waals surface area contributed by atoms with Crippen LogP contribution in [-0.2, 0) is 0 Å². The maximum absolute atomic E-state index is 8.73. The first-order valence-electron chi connectivity index (χ1n) is 5.15. The second-order valence-electron chi connectivity index (χ2n) is 3.60. The first-order valence-corrected chi connectivity index (χ1v) is 5.15. The zero-order valence-electron chi connectivity index (χ0n) is 9.44. The van der Waals surface area contributed by atoms with Gasteiger partial charge >= 0.3 is 0 Å². The third-order valence-electron chi connectivity index (χ3n) is 2.44. The van der Waals surface area contributed by atoms with E-state index in [1.54, 1.807) is 12.3 Å². The molecule has 0 fully saturated rings. The van der Waals surface area contributed by atoms with Gasteiger partial charge in [0.2, 0.25) is 5.95 Å². The summed E-state index contributed by atoms with van der Waals surface area (Å²) in [6.45, 7) is 4.28. The van der Waals surface area contributed by atoms with Crippen LogP contribution >= 0.6 is 0 Å². The minimum Gasteiger partial charge on any atom is -0.341 e. The zero-order valence-corrected chi connectivity index (χ0v) is 9.44. The van der Waals surface area contributed by atoms with E-state index in [1.807, 2.05) is 18.0 Å². The van der Waals surface area contributed by atoms with Gasteiger partial charge in [0.15, 0.2) is 0 Å². The van der Waals surface area contributed by atoms with E-state index in [0.717, 1.165) is 12.8 Å². The van der Waals surface area contributed by atoms with E-state index in [2.05, 4.69) is 23.8 Å². The quantitative estimate of drug-likeness (QED) is 0.752. The van der Waals surface area contributed by atoms with E-state index in [9.17, 15) is 0 Å². The van der Waals surface area contributed by atoms with Crippen molar-refractivity contribution in [2.24, 2.45) is 0 Å². The van der Waals surface area contributed by atoms with Crippen LogP contribution in [0.15, 0.2) is 12.3 Å². The molecule has 1 aromatic rings. The Bertz CT molecular complexity index is 356. The molecule has 0 bridgehead atoms. The smallest absolute Gasteiger partial charge is 0.226 e. The van der Waals surface area contributed by atoms with Crippen LogP contribution in [0.4, 0.5) is 5.95 Å². The van der Waals surface area contributed by atoms with Gasteiger partial charge < -0.3 is 4.90 Å². The highest BCUT2D eigenvalue weighted by molar-refractivity contribution is 5.33. The highest BCUT2D eigenvalue weighted by Gasteiger charge is 2.11. The van der Waals surface area contributed by atoms with E-state index in [1.165, 1.54) is 0 Å². The number of nitriles is 1. The van der Waals surface area contributed by atoms with Crippen LogP contribution in [0.1, 0.15) is 32.4 Å². The number of hydrogen-bond donors (Lipinski definition) is 0. The van der Waals surface area contributed by atoms with Crippen molar-refractivity contribution in [3.63, 3.8) is 0 Å². The van der Waals surface area contributed by atoms with Crippen molar-refractivity contribution >= 4 is 5.95 Å². The molecule has 0 spiro atoms. The molecule has 1 atom stereocenters. The second kappa shape index (κ2) is 5.30. The first-order chi connectivity index (χ1) is 7.19. The molecule has 0 aliphatic carbocycles. The fourth-order valence-electron chi connectivity index (χ4n) is 1.39. The summed E-state index contributed by atoms with van der Waals surface area (Å²) in [5.41, 5.74) is 0.413. The molecule has 1 rings (SSSR count). The van der Waals surface area contributed by atoms with Crippen LogP contribution < -0.4 is 4.90 Å². The van der Waals surface area contributed by atoms with Crippen molar-refractivity contribution in [3.8, 4) is 6.07 Å². The van der Waals surface area contributed by atoms with Crippen LogP contribution in [0.3, 0.4) is 0 Å². The van der Waals surface area contributed by atoms with Crippen molar-refractivity contribution in [1.82, 2.24) is 9.97 Å². The molecule has 0 saturated heterocycles. The molecule has 4 nitrogen and oxygen atoms in total. The summed E-state index contributed by atoms with van der Waals surface area (Å²) < 4.78 is 0. The molecule has 15 heavy (non-hydrogen) atoms. The summed E-state index contributed by atoms with van der Waals surface area (Å²) in [7, 11) is 1.96. The van der Waals surface area contributed by atoms with Crippen molar-refractivity contribution in [2.45, 2.75) is 32.7 Å². The molecule has 0 saturated carbocycles. The van der Waals surface area contributed by atoms with Crippen LogP contribution in [0, 0.1) is 11.3 Å². The molecule has 1 aromatic heterocycles. The summed E-state index contributed by atoms with van der Waals surface area (Å²) in [5, 5.41) is 8.73. The molecule has 0 radical (unpaired) electrons. The second-order valence-corrected chi connectivity index (χ2v) is 3.60. The highest BCUT2D eigenvalue weighted by Crippen LogP contribution is 2.11. The standard InChI is InChI=1S/C11H16N4/c1-4-5-9(2)15(3)11-13-7-6-10(8-12)14-11/h6-7,9H,4-5H2,1-3H3. The molecule has 0 N–H and O–H groups in total. The number of aromatic nitrogens is 2. The van der Waals surface area contributed by atoms with E-state index < -0.39 is 0 Å². The van der Waals surface area contributed by atoms with Crippen molar-refractivity contribution in [2.75, 3.05) is 11.9 Å². The average molecular weight is 204 g/mol. The summed E-state index contributed by atoms with van der Waals surface area (Å²) in [5.74, 6) is 0.620. The van der Waals surface area contributed by atoms with Gasteiger partial charge in [-0.1, -0.05) is 13.3 Å². The minimum absolute atomic E-state index is 0.393. The SMILES string of the molecule is CCCC(C)N(C)c1nccc(C#N)n1.